The molecule has 0 atom stereocenters. The van der Waals surface area contributed by atoms with Crippen molar-refractivity contribution in [3.05, 3.63) is 52.0 Å². The number of morpholine rings is 1. The van der Waals surface area contributed by atoms with E-state index in [9.17, 15) is 4.79 Å². The van der Waals surface area contributed by atoms with Gasteiger partial charge in [0, 0.05) is 17.6 Å². The quantitative estimate of drug-likeness (QED) is 0.280. The van der Waals surface area contributed by atoms with Crippen LogP contribution in [0.25, 0.3) is 0 Å². The number of carbonyl (C=O) groups is 1. The smallest absolute Gasteiger partial charge is 0.332 e. The molecule has 0 aliphatic carbocycles. The van der Waals surface area contributed by atoms with Gasteiger partial charge in [-0.1, -0.05) is 6.07 Å². The third-order valence-electron chi connectivity index (χ3n) is 5.05. The first kappa shape index (κ1) is 25.1. The summed E-state index contributed by atoms with van der Waals surface area (Å²) in [7, 11) is 1.51. The van der Waals surface area contributed by atoms with E-state index in [-0.39, 0.29) is 6.01 Å². The Kier molecular flexibility index (Phi) is 8.13. The second-order valence-corrected chi connectivity index (χ2v) is 8.55. The van der Waals surface area contributed by atoms with Crippen LogP contribution in [0.3, 0.4) is 0 Å². The van der Waals surface area contributed by atoms with Gasteiger partial charge < -0.3 is 30.2 Å². The van der Waals surface area contributed by atoms with Gasteiger partial charge in [0.05, 0.1) is 32.2 Å². The highest BCUT2D eigenvalue weighted by atomic mass is 79.9. The van der Waals surface area contributed by atoms with Gasteiger partial charge in [-0.05, 0) is 64.3 Å². The zero-order valence-electron chi connectivity index (χ0n) is 19.7. The first-order chi connectivity index (χ1) is 17.4. The maximum absolute atomic E-state index is 10.8. The van der Waals surface area contributed by atoms with E-state index in [1.807, 2.05) is 30.0 Å². The number of nitrogens with zero attached hydrogens (tertiary/aromatic N) is 5. The number of hydrogen-bond donors (Lipinski definition) is 3. The van der Waals surface area contributed by atoms with Crippen LogP contribution >= 0.6 is 15.9 Å². The second-order valence-electron chi connectivity index (χ2n) is 7.70. The van der Waals surface area contributed by atoms with E-state index in [0.717, 1.165) is 15.7 Å². The molecule has 0 unspecified atom stereocenters. The van der Waals surface area contributed by atoms with E-state index < -0.39 is 6.03 Å². The first-order valence-corrected chi connectivity index (χ1v) is 11.8. The fraction of sp³-hybridized carbons (Fsp3) is 0.261. The van der Waals surface area contributed by atoms with Crippen LogP contribution < -0.4 is 30.8 Å². The lowest BCUT2D eigenvalue weighted by molar-refractivity contribution is 0.122. The fourth-order valence-electron chi connectivity index (χ4n) is 3.31. The molecular weight excluding hydrogens is 532 g/mol. The van der Waals surface area contributed by atoms with Crippen LogP contribution in [0.2, 0.25) is 0 Å². The van der Waals surface area contributed by atoms with Crippen LogP contribution in [0, 0.1) is 6.92 Å². The minimum atomic E-state index is -0.758. The lowest BCUT2D eigenvalue weighted by Gasteiger charge is -2.27. The molecule has 13 heteroatoms. The van der Waals surface area contributed by atoms with Gasteiger partial charge in [-0.3, -0.25) is 0 Å². The number of nitrogens with two attached hydrogens (primary N) is 1. The molecule has 0 saturated carbocycles. The lowest BCUT2D eigenvalue weighted by Crippen LogP contribution is -2.37. The number of carbonyl (C=O) groups excluding carboxylic acids is 1. The van der Waals surface area contributed by atoms with E-state index >= 15 is 0 Å². The van der Waals surface area contributed by atoms with Gasteiger partial charge >= 0.3 is 12.0 Å². The molecule has 2 amide bonds. The molecule has 1 fully saturated rings. The number of primary amides is 1. The Labute approximate surface area is 216 Å². The number of aryl methyl sites for hydroxylation is 1. The number of rotatable bonds is 8. The highest BCUT2D eigenvalue weighted by Crippen LogP contribution is 2.32. The highest BCUT2D eigenvalue weighted by Gasteiger charge is 2.19. The minimum Gasteiger partial charge on any atom is -0.493 e. The average Bonchev–Trinajstić information content (AvgIpc) is 2.87. The number of hydrazone groups is 1. The molecule has 0 bridgehead atoms. The Morgan fingerprint density at radius 2 is 1.97 bits per heavy atom. The van der Waals surface area contributed by atoms with E-state index in [0.29, 0.717) is 55.3 Å². The summed E-state index contributed by atoms with van der Waals surface area (Å²) in [6.45, 7) is 4.46. The predicted molar refractivity (Wildman–Crippen MR) is 138 cm³/mol. The van der Waals surface area contributed by atoms with Crippen LogP contribution in [-0.4, -0.2) is 60.6 Å². The van der Waals surface area contributed by atoms with Crippen LogP contribution in [0.15, 0.2) is 46.0 Å². The topological polar surface area (TPSA) is 149 Å². The van der Waals surface area contributed by atoms with Crippen LogP contribution in [-0.2, 0) is 4.74 Å². The van der Waals surface area contributed by atoms with Crippen LogP contribution in [0.5, 0.6) is 17.5 Å². The molecule has 2 heterocycles. The zero-order chi connectivity index (χ0) is 25.5. The monoisotopic (exact) mass is 556 g/mol. The van der Waals surface area contributed by atoms with Crippen LogP contribution in [0.4, 0.5) is 22.4 Å². The molecule has 3 aromatic rings. The van der Waals surface area contributed by atoms with E-state index in [1.54, 1.807) is 18.2 Å². The number of amides is 2. The van der Waals surface area contributed by atoms with E-state index in [4.69, 9.17) is 19.9 Å². The van der Waals surface area contributed by atoms with Gasteiger partial charge in [0.2, 0.25) is 11.9 Å². The molecule has 2 aromatic carbocycles. The number of urea groups is 1. The summed E-state index contributed by atoms with van der Waals surface area (Å²) in [5, 5.41) is 6.99. The Balaban J connectivity index is 1.63. The molecule has 12 nitrogen and oxygen atoms in total. The average molecular weight is 557 g/mol. The van der Waals surface area contributed by atoms with Gasteiger partial charge in [-0.25, -0.2) is 10.2 Å². The molecule has 0 radical (unpaired) electrons. The number of nitrogens with one attached hydrogen (secondary N) is 2. The van der Waals surface area contributed by atoms with Gasteiger partial charge in [0.25, 0.3) is 0 Å². The number of halogens is 1. The number of aromatic nitrogens is 3. The number of anilines is 3. The van der Waals surface area contributed by atoms with Crippen molar-refractivity contribution in [3.63, 3.8) is 0 Å². The van der Waals surface area contributed by atoms with E-state index in [2.05, 4.69) is 46.7 Å². The SMILES string of the molecule is COc1cc(/C=N\NC(N)=O)ccc1Oc1nc(Nc2ccc(C)cc2Br)nc(N2CCOCC2)n1. The molecule has 4 N–H and O–H groups in total. The molecule has 1 aliphatic heterocycles. The Morgan fingerprint density at radius 3 is 2.69 bits per heavy atom. The molecule has 1 aromatic heterocycles. The fourth-order valence-corrected chi connectivity index (χ4v) is 3.90. The normalized spacial score (nSPS) is 13.5. The van der Waals surface area contributed by atoms with Gasteiger partial charge in [0.1, 0.15) is 0 Å². The Morgan fingerprint density at radius 1 is 1.17 bits per heavy atom. The first-order valence-electron chi connectivity index (χ1n) is 11.0. The predicted octanol–water partition coefficient (Wildman–Crippen LogP) is 3.33. The molecule has 4 rings (SSSR count). The largest absolute Gasteiger partial charge is 0.493 e. The number of ether oxygens (including phenoxy) is 3. The number of hydrogen-bond acceptors (Lipinski definition) is 10. The Hall–Kier alpha value is -3.97. The summed E-state index contributed by atoms with van der Waals surface area (Å²) in [4.78, 5) is 26.4. The summed E-state index contributed by atoms with van der Waals surface area (Å²) in [5.41, 5.74) is 9.74. The summed E-state index contributed by atoms with van der Waals surface area (Å²) < 4.78 is 17.8. The van der Waals surface area contributed by atoms with Crippen molar-refractivity contribution in [3.8, 4) is 17.5 Å². The zero-order valence-corrected chi connectivity index (χ0v) is 21.3. The van der Waals surface area contributed by atoms with Gasteiger partial charge in [0.15, 0.2) is 11.5 Å². The summed E-state index contributed by atoms with van der Waals surface area (Å²) in [5.74, 6) is 1.60. The number of benzene rings is 2. The molecule has 36 heavy (non-hydrogen) atoms. The maximum atomic E-state index is 10.8. The standard InChI is InChI=1S/C23H25BrN8O4/c1-14-3-5-17(16(24)11-14)27-21-28-22(32-7-9-35-10-8-32)30-23(29-21)36-18-6-4-15(12-19(18)34-2)13-26-31-20(25)33/h3-6,11-13H,7-10H2,1-2H3,(H3,25,31,33)(H,27,28,29,30)/b26-13-. The van der Waals surface area contributed by atoms with Gasteiger partial charge in [-0.15, -0.1) is 0 Å². The molecule has 1 aliphatic rings. The van der Waals surface area contributed by atoms with Crippen molar-refractivity contribution in [2.24, 2.45) is 10.8 Å². The van der Waals surface area contributed by atoms with Crippen LogP contribution in [0.1, 0.15) is 11.1 Å². The maximum Gasteiger partial charge on any atom is 0.332 e. The second kappa shape index (κ2) is 11.6. The summed E-state index contributed by atoms with van der Waals surface area (Å²) >= 11 is 3.57. The lowest BCUT2D eigenvalue weighted by atomic mass is 10.2. The van der Waals surface area contributed by atoms with Crippen molar-refractivity contribution >= 4 is 45.8 Å². The van der Waals surface area contributed by atoms with Crippen molar-refractivity contribution in [1.29, 1.82) is 0 Å². The Bertz CT molecular complexity index is 1270. The van der Waals surface area contributed by atoms with Crippen molar-refractivity contribution in [2.75, 3.05) is 43.6 Å². The summed E-state index contributed by atoms with van der Waals surface area (Å²) in [6, 6.07) is 10.4. The molecule has 188 valence electrons. The molecule has 0 spiro atoms. The third-order valence-corrected chi connectivity index (χ3v) is 5.70. The third kappa shape index (κ3) is 6.58. The van der Waals surface area contributed by atoms with Crippen molar-refractivity contribution < 1.29 is 19.0 Å². The van der Waals surface area contributed by atoms with E-state index in [1.165, 1.54) is 13.3 Å². The van der Waals surface area contributed by atoms with Crippen molar-refractivity contribution in [1.82, 2.24) is 20.4 Å². The number of methoxy groups -OCH3 is 1. The molecule has 1 saturated heterocycles. The highest BCUT2D eigenvalue weighted by molar-refractivity contribution is 9.10. The van der Waals surface area contributed by atoms with Crippen molar-refractivity contribution in [2.45, 2.75) is 6.92 Å². The molecular formula is C23H25BrN8O4. The summed E-state index contributed by atoms with van der Waals surface area (Å²) in [6.07, 6.45) is 1.43. The van der Waals surface area contributed by atoms with Gasteiger partial charge in [-0.2, -0.15) is 20.1 Å². The minimum absolute atomic E-state index is 0.0901.